The van der Waals surface area contributed by atoms with Crippen LogP contribution in [0, 0.1) is 0 Å². The molecule has 0 amide bonds. The van der Waals surface area contributed by atoms with Crippen LogP contribution in [0.5, 0.6) is 0 Å². The molecule has 18 heavy (non-hydrogen) atoms. The summed E-state index contributed by atoms with van der Waals surface area (Å²) in [6.45, 7) is 1.11. The minimum absolute atomic E-state index is 0.167. The fourth-order valence-corrected chi connectivity index (χ4v) is 2.26. The van der Waals surface area contributed by atoms with Gasteiger partial charge in [0.2, 0.25) is 0 Å². The lowest BCUT2D eigenvalue weighted by atomic mass is 10.1. The molecule has 0 fully saturated rings. The molecule has 3 rings (SSSR count). The van der Waals surface area contributed by atoms with Gasteiger partial charge in [-0.05, 0) is 5.56 Å². The van der Waals surface area contributed by atoms with Crippen molar-refractivity contribution in [3.8, 4) is 0 Å². The van der Waals surface area contributed by atoms with Gasteiger partial charge in [0.25, 0.3) is 6.43 Å². The van der Waals surface area contributed by atoms with E-state index in [0.29, 0.717) is 18.9 Å². The standard InChI is InChI=1S/C12H12F2N4/c13-10(14)12-17-16-11-9(15-6-7-18(11)12)8-4-2-1-3-5-8/h1-5,9-10,15H,6-7H2. The highest BCUT2D eigenvalue weighted by atomic mass is 19.3. The molecule has 1 atom stereocenters. The highest BCUT2D eigenvalue weighted by Crippen LogP contribution is 2.27. The molecule has 1 aromatic heterocycles. The monoisotopic (exact) mass is 250 g/mol. The molecule has 1 aliphatic heterocycles. The van der Waals surface area contributed by atoms with E-state index in [2.05, 4.69) is 15.5 Å². The van der Waals surface area contributed by atoms with Gasteiger partial charge in [-0.3, -0.25) is 0 Å². The summed E-state index contributed by atoms with van der Waals surface area (Å²) >= 11 is 0. The van der Waals surface area contributed by atoms with E-state index >= 15 is 0 Å². The molecular formula is C12H12F2N4. The Morgan fingerprint density at radius 3 is 2.72 bits per heavy atom. The number of aromatic nitrogens is 3. The van der Waals surface area contributed by atoms with Crippen molar-refractivity contribution in [1.82, 2.24) is 20.1 Å². The molecular weight excluding hydrogens is 238 g/mol. The predicted octanol–water partition coefficient (Wildman–Crippen LogP) is 1.91. The zero-order valence-corrected chi connectivity index (χ0v) is 9.55. The van der Waals surface area contributed by atoms with E-state index in [1.807, 2.05) is 30.3 Å². The summed E-state index contributed by atoms with van der Waals surface area (Å²) in [4.78, 5) is 0. The second kappa shape index (κ2) is 4.45. The zero-order chi connectivity index (χ0) is 12.5. The highest BCUT2D eigenvalue weighted by Gasteiger charge is 2.28. The van der Waals surface area contributed by atoms with Crippen LogP contribution in [0.3, 0.4) is 0 Å². The second-order valence-electron chi connectivity index (χ2n) is 4.17. The summed E-state index contributed by atoms with van der Waals surface area (Å²) in [5.74, 6) is 0.315. The van der Waals surface area contributed by atoms with Crippen molar-refractivity contribution in [3.63, 3.8) is 0 Å². The second-order valence-corrected chi connectivity index (χ2v) is 4.17. The number of fused-ring (bicyclic) bond motifs is 1. The molecule has 1 aliphatic rings. The number of halogens is 2. The van der Waals surface area contributed by atoms with Crippen molar-refractivity contribution in [2.24, 2.45) is 0 Å². The normalized spacial score (nSPS) is 18.9. The molecule has 6 heteroatoms. The van der Waals surface area contributed by atoms with Crippen LogP contribution in [0.1, 0.15) is 29.7 Å². The predicted molar refractivity (Wildman–Crippen MR) is 61.3 cm³/mol. The van der Waals surface area contributed by atoms with Crippen LogP contribution in [0.2, 0.25) is 0 Å². The van der Waals surface area contributed by atoms with E-state index in [4.69, 9.17) is 0 Å². The molecule has 4 nitrogen and oxygen atoms in total. The number of nitrogens with zero attached hydrogens (tertiary/aromatic N) is 3. The Bertz CT molecular complexity index is 538. The Balaban J connectivity index is 2.03. The van der Waals surface area contributed by atoms with Crippen molar-refractivity contribution in [2.75, 3.05) is 6.54 Å². The lowest BCUT2D eigenvalue weighted by molar-refractivity contribution is 0.133. The van der Waals surface area contributed by atoms with Crippen LogP contribution in [-0.4, -0.2) is 21.3 Å². The molecule has 1 N–H and O–H groups in total. The van der Waals surface area contributed by atoms with Gasteiger partial charge in [-0.25, -0.2) is 8.78 Å². The molecule has 0 spiro atoms. The minimum Gasteiger partial charge on any atom is -0.307 e. The van der Waals surface area contributed by atoms with Crippen molar-refractivity contribution in [3.05, 3.63) is 47.5 Å². The number of rotatable bonds is 2. The Labute approximate surface area is 103 Å². The third kappa shape index (κ3) is 1.78. The molecule has 0 radical (unpaired) electrons. The number of hydrogen-bond acceptors (Lipinski definition) is 3. The largest absolute Gasteiger partial charge is 0.307 e. The third-order valence-electron chi connectivity index (χ3n) is 3.08. The summed E-state index contributed by atoms with van der Waals surface area (Å²) in [7, 11) is 0. The van der Waals surface area contributed by atoms with Crippen LogP contribution in [0.4, 0.5) is 8.78 Å². The van der Waals surface area contributed by atoms with E-state index < -0.39 is 6.43 Å². The van der Waals surface area contributed by atoms with Gasteiger partial charge in [0, 0.05) is 13.1 Å². The first-order valence-electron chi connectivity index (χ1n) is 5.77. The van der Waals surface area contributed by atoms with E-state index in [9.17, 15) is 8.78 Å². The molecule has 0 aliphatic carbocycles. The van der Waals surface area contributed by atoms with Gasteiger partial charge in [0.1, 0.15) is 0 Å². The fraction of sp³-hybridized carbons (Fsp3) is 0.333. The quantitative estimate of drug-likeness (QED) is 0.885. The first kappa shape index (κ1) is 11.3. The van der Waals surface area contributed by atoms with Crippen molar-refractivity contribution in [1.29, 1.82) is 0 Å². The Kier molecular flexibility index (Phi) is 2.79. The van der Waals surface area contributed by atoms with Crippen molar-refractivity contribution in [2.45, 2.75) is 19.0 Å². The molecule has 2 aromatic rings. The maximum absolute atomic E-state index is 12.8. The SMILES string of the molecule is FC(F)c1nnc2n1CCNC2c1ccccc1. The van der Waals surface area contributed by atoms with Gasteiger partial charge >= 0.3 is 0 Å². The van der Waals surface area contributed by atoms with Crippen LogP contribution >= 0.6 is 0 Å². The minimum atomic E-state index is -2.58. The molecule has 1 unspecified atom stereocenters. The topological polar surface area (TPSA) is 42.7 Å². The number of benzene rings is 1. The van der Waals surface area contributed by atoms with E-state index in [-0.39, 0.29) is 11.9 Å². The van der Waals surface area contributed by atoms with E-state index in [0.717, 1.165) is 5.56 Å². The van der Waals surface area contributed by atoms with Gasteiger partial charge in [-0.15, -0.1) is 10.2 Å². The third-order valence-corrected chi connectivity index (χ3v) is 3.08. The number of alkyl halides is 2. The van der Waals surface area contributed by atoms with Crippen LogP contribution < -0.4 is 5.32 Å². The molecule has 94 valence electrons. The number of hydrogen-bond donors (Lipinski definition) is 1. The van der Waals surface area contributed by atoms with Crippen molar-refractivity contribution >= 4 is 0 Å². The summed E-state index contributed by atoms with van der Waals surface area (Å²) in [6, 6.07) is 9.48. The molecule has 1 aromatic carbocycles. The van der Waals surface area contributed by atoms with Crippen LogP contribution in [0.15, 0.2) is 30.3 Å². The Morgan fingerprint density at radius 2 is 2.00 bits per heavy atom. The Morgan fingerprint density at radius 1 is 1.22 bits per heavy atom. The maximum Gasteiger partial charge on any atom is 0.297 e. The van der Waals surface area contributed by atoms with Crippen LogP contribution in [-0.2, 0) is 6.54 Å². The lowest BCUT2D eigenvalue weighted by Gasteiger charge is -2.25. The van der Waals surface area contributed by atoms with Gasteiger partial charge in [0.15, 0.2) is 11.6 Å². The van der Waals surface area contributed by atoms with Gasteiger partial charge < -0.3 is 9.88 Å². The maximum atomic E-state index is 12.8. The molecule has 0 bridgehead atoms. The first-order chi connectivity index (χ1) is 8.77. The fourth-order valence-electron chi connectivity index (χ4n) is 2.26. The lowest BCUT2D eigenvalue weighted by Crippen LogP contribution is -2.35. The van der Waals surface area contributed by atoms with Crippen molar-refractivity contribution < 1.29 is 8.78 Å². The average Bonchev–Trinajstić information content (AvgIpc) is 2.83. The summed E-state index contributed by atoms with van der Waals surface area (Å²) in [5.41, 5.74) is 1.01. The smallest absolute Gasteiger partial charge is 0.297 e. The molecule has 2 heterocycles. The summed E-state index contributed by atoms with van der Waals surface area (Å²) < 4.78 is 27.1. The van der Waals surface area contributed by atoms with Crippen LogP contribution in [0.25, 0.3) is 0 Å². The van der Waals surface area contributed by atoms with E-state index in [1.165, 1.54) is 4.57 Å². The average molecular weight is 250 g/mol. The zero-order valence-electron chi connectivity index (χ0n) is 9.55. The molecule has 0 saturated carbocycles. The Hall–Kier alpha value is -1.82. The van der Waals surface area contributed by atoms with Gasteiger partial charge in [0.05, 0.1) is 6.04 Å². The summed E-state index contributed by atoms with van der Waals surface area (Å²) in [5, 5.41) is 10.8. The first-order valence-corrected chi connectivity index (χ1v) is 5.77. The van der Waals surface area contributed by atoms with Gasteiger partial charge in [-0.2, -0.15) is 0 Å². The molecule has 0 saturated heterocycles. The summed E-state index contributed by atoms with van der Waals surface area (Å²) in [6.07, 6.45) is -2.58. The highest BCUT2D eigenvalue weighted by molar-refractivity contribution is 5.26. The number of nitrogens with one attached hydrogen (secondary N) is 1. The van der Waals surface area contributed by atoms with Gasteiger partial charge in [-0.1, -0.05) is 30.3 Å². The van der Waals surface area contributed by atoms with E-state index in [1.54, 1.807) is 0 Å².